The normalized spacial score (nSPS) is 9.66. The third kappa shape index (κ3) is 8.61. The predicted molar refractivity (Wildman–Crippen MR) is 163 cm³/mol. The minimum Gasteiger partial charge on any atom is -0.343 e. The van der Waals surface area contributed by atoms with E-state index in [0.29, 0.717) is 0 Å². The van der Waals surface area contributed by atoms with Gasteiger partial charge in [0.15, 0.2) is 0 Å². The van der Waals surface area contributed by atoms with E-state index in [1.54, 1.807) is 6.20 Å². The Morgan fingerprint density at radius 2 is 1.07 bits per heavy atom. The standard InChI is InChI=1S/C13H12N.2C12H10N.Ir/c1-11-7-3-4-8-12(11)13-9-5-6-10-14(13)2;1-10-6-2-3-7-11(10)12-8-4-5-9-13-12;1-13-10-6-5-9-12(13)11-7-3-2-4-8-11;/h3-10H,1-2H2;2-9H,1H2;2-7,9-10H,1H2;/q3*-1;. The summed E-state index contributed by atoms with van der Waals surface area (Å²) in [5.74, 6) is 0. The fourth-order valence-electron chi connectivity index (χ4n) is 4.06. The van der Waals surface area contributed by atoms with Gasteiger partial charge < -0.3 is 9.13 Å². The van der Waals surface area contributed by atoms with Gasteiger partial charge >= 0.3 is 0 Å². The molecule has 3 aromatic carbocycles. The predicted octanol–water partition coefficient (Wildman–Crippen LogP) is 7.47. The molecule has 0 unspecified atom stereocenters. The first-order valence-corrected chi connectivity index (χ1v) is 12.9. The summed E-state index contributed by atoms with van der Waals surface area (Å²) in [5.41, 5.74) is 8.47. The van der Waals surface area contributed by atoms with Crippen LogP contribution in [0.3, 0.4) is 0 Å². The van der Waals surface area contributed by atoms with Gasteiger partial charge in [0.2, 0.25) is 0 Å². The van der Waals surface area contributed by atoms with Crippen molar-refractivity contribution in [2.75, 3.05) is 0 Å². The van der Waals surface area contributed by atoms with Gasteiger partial charge in [-0.3, -0.25) is 4.98 Å². The molecule has 4 heteroatoms. The molecule has 3 aromatic heterocycles. The molecule has 0 aliphatic carbocycles. The van der Waals surface area contributed by atoms with E-state index in [4.69, 9.17) is 0 Å². The largest absolute Gasteiger partial charge is 0.343 e. The first-order chi connectivity index (χ1) is 19.5. The molecule has 6 rings (SSSR count). The Kier molecular flexibility index (Phi) is 11.8. The Morgan fingerprint density at radius 3 is 1.61 bits per heavy atom. The molecule has 0 spiro atoms. The second-order valence-electron chi connectivity index (χ2n) is 8.92. The molecular formula is C37H32IrN3-3. The van der Waals surface area contributed by atoms with Crippen molar-refractivity contribution in [2.24, 2.45) is 0 Å². The van der Waals surface area contributed by atoms with Crippen LogP contribution in [0.25, 0.3) is 33.8 Å². The number of rotatable bonds is 3. The van der Waals surface area contributed by atoms with E-state index in [1.165, 1.54) is 0 Å². The molecule has 0 saturated carbocycles. The van der Waals surface area contributed by atoms with Crippen molar-refractivity contribution in [2.45, 2.75) is 0 Å². The Labute approximate surface area is 258 Å². The molecule has 1 radical (unpaired) electrons. The van der Waals surface area contributed by atoms with Crippen molar-refractivity contribution >= 4 is 0 Å². The summed E-state index contributed by atoms with van der Waals surface area (Å²) in [7, 11) is 7.82. The van der Waals surface area contributed by atoms with E-state index in [9.17, 15) is 0 Å². The van der Waals surface area contributed by atoms with Gasteiger partial charge in [0.25, 0.3) is 0 Å². The van der Waals surface area contributed by atoms with E-state index in [2.05, 4.69) is 45.1 Å². The molecule has 0 N–H and O–H groups in total. The minimum atomic E-state index is 0. The Balaban J connectivity index is 0.000000167. The van der Waals surface area contributed by atoms with E-state index < -0.39 is 0 Å². The summed E-state index contributed by atoms with van der Waals surface area (Å²) in [6.45, 7) is 7.95. The Hall–Kier alpha value is -4.76. The Morgan fingerprint density at radius 1 is 0.537 bits per heavy atom. The molecule has 0 aliphatic rings. The first kappa shape index (κ1) is 30.8. The van der Waals surface area contributed by atoms with Crippen molar-refractivity contribution in [3.05, 3.63) is 191 Å². The summed E-state index contributed by atoms with van der Waals surface area (Å²) in [6.07, 6.45) is 5.65. The van der Waals surface area contributed by atoms with Crippen molar-refractivity contribution in [1.29, 1.82) is 0 Å². The second-order valence-corrected chi connectivity index (χ2v) is 8.92. The van der Waals surface area contributed by atoms with Gasteiger partial charge in [-0.1, -0.05) is 54.1 Å². The van der Waals surface area contributed by atoms with Gasteiger partial charge in [0.1, 0.15) is 5.69 Å². The van der Waals surface area contributed by atoms with Gasteiger partial charge in [-0.15, -0.1) is 65.7 Å². The summed E-state index contributed by atoms with van der Waals surface area (Å²) < 4.78 is 3.69. The van der Waals surface area contributed by atoms with Crippen LogP contribution < -0.4 is 9.13 Å². The monoisotopic (exact) mass is 711 g/mol. The van der Waals surface area contributed by atoms with Crippen LogP contribution in [0.1, 0.15) is 11.1 Å². The van der Waals surface area contributed by atoms with Crippen molar-refractivity contribution in [3.63, 3.8) is 0 Å². The zero-order valence-electron chi connectivity index (χ0n) is 22.9. The molecule has 0 bridgehead atoms. The number of aromatic nitrogens is 3. The van der Waals surface area contributed by atoms with E-state index in [0.717, 1.165) is 44.9 Å². The molecular weight excluding hydrogens is 679 g/mol. The van der Waals surface area contributed by atoms with Gasteiger partial charge in [0, 0.05) is 46.1 Å². The van der Waals surface area contributed by atoms with Crippen molar-refractivity contribution in [3.8, 4) is 33.8 Å². The molecule has 0 fully saturated rings. The summed E-state index contributed by atoms with van der Waals surface area (Å²) in [5, 5.41) is 0. The van der Waals surface area contributed by atoms with Gasteiger partial charge in [-0.05, 0) is 18.2 Å². The molecule has 6 aromatic rings. The smallest absolute Gasteiger partial charge is 0.115 e. The van der Waals surface area contributed by atoms with Crippen LogP contribution in [-0.2, 0) is 20.1 Å². The number of hydrogen-bond acceptors (Lipinski definition) is 1. The number of pyridine rings is 3. The van der Waals surface area contributed by atoms with Crippen LogP contribution in [0.5, 0.6) is 0 Å². The quantitative estimate of drug-likeness (QED) is 0.138. The fourth-order valence-corrected chi connectivity index (χ4v) is 4.06. The summed E-state index contributed by atoms with van der Waals surface area (Å²) in [4.78, 5) is 4.27. The molecule has 0 amide bonds. The SMILES string of the molecule is [CH2-][n+]1ccccc1-c1[c-]cccc1.[CH2-]c1ccccc1-c1cccc[n+]1[CH2-].[CH2-]c1ccccc1-c1ccccn1.[Ir]. The molecule has 207 valence electrons. The second kappa shape index (κ2) is 15.7. The molecule has 0 saturated heterocycles. The molecule has 3 heterocycles. The number of nitrogens with zero attached hydrogens (tertiary/aromatic N) is 3. The summed E-state index contributed by atoms with van der Waals surface area (Å²) >= 11 is 0. The summed E-state index contributed by atoms with van der Waals surface area (Å²) in [6, 6.07) is 45.0. The van der Waals surface area contributed by atoms with E-state index >= 15 is 0 Å². The van der Waals surface area contributed by atoms with E-state index in [1.807, 2.05) is 143 Å². The van der Waals surface area contributed by atoms with Crippen LogP contribution in [0, 0.1) is 34.0 Å². The van der Waals surface area contributed by atoms with Gasteiger partial charge in [-0.25, -0.2) is 0 Å². The maximum Gasteiger partial charge on any atom is 0.115 e. The topological polar surface area (TPSA) is 20.6 Å². The van der Waals surface area contributed by atoms with Gasteiger partial charge in [-0.2, -0.15) is 37.1 Å². The van der Waals surface area contributed by atoms with Crippen LogP contribution in [0.4, 0.5) is 0 Å². The molecule has 0 atom stereocenters. The van der Waals surface area contributed by atoms with Crippen LogP contribution in [0.15, 0.2) is 146 Å². The average Bonchev–Trinajstić information content (AvgIpc) is 3.00. The fraction of sp³-hybridized carbons (Fsp3) is 0. The molecule has 41 heavy (non-hydrogen) atoms. The van der Waals surface area contributed by atoms with Crippen LogP contribution in [-0.4, -0.2) is 4.98 Å². The zero-order chi connectivity index (χ0) is 28.2. The van der Waals surface area contributed by atoms with Crippen molar-refractivity contribution < 1.29 is 29.2 Å². The number of benzene rings is 3. The minimum absolute atomic E-state index is 0. The van der Waals surface area contributed by atoms with Crippen molar-refractivity contribution in [1.82, 2.24) is 4.98 Å². The molecule has 3 nitrogen and oxygen atoms in total. The third-order valence-corrected chi connectivity index (χ3v) is 6.12. The van der Waals surface area contributed by atoms with Gasteiger partial charge in [0.05, 0.1) is 18.1 Å². The maximum absolute atomic E-state index is 4.27. The first-order valence-electron chi connectivity index (χ1n) is 12.9. The van der Waals surface area contributed by atoms with Crippen LogP contribution >= 0.6 is 0 Å². The van der Waals surface area contributed by atoms with Crippen LogP contribution in [0.2, 0.25) is 0 Å². The zero-order valence-corrected chi connectivity index (χ0v) is 25.3. The number of hydrogen-bond donors (Lipinski definition) is 0. The van der Waals surface area contributed by atoms with E-state index in [-0.39, 0.29) is 20.1 Å². The molecule has 0 aliphatic heterocycles. The maximum atomic E-state index is 4.27. The third-order valence-electron chi connectivity index (χ3n) is 6.12. The average molecular weight is 711 g/mol. The Bertz CT molecular complexity index is 1510.